The fraction of sp³-hybridized carbons (Fsp3) is 0.333. The van der Waals surface area contributed by atoms with Crippen molar-refractivity contribution in [2.24, 2.45) is 4.99 Å². The number of aromatic nitrogens is 3. The maximum atomic E-state index is 13.7. The molecule has 1 aromatic heterocycles. The molecule has 6 nitrogen and oxygen atoms in total. The van der Waals surface area contributed by atoms with E-state index in [1.807, 2.05) is 6.92 Å². The van der Waals surface area contributed by atoms with Gasteiger partial charge in [-0.15, -0.1) is 5.10 Å². The number of fused-ring (bicyclic) bond motifs is 1. The highest BCUT2D eigenvalue weighted by atomic mass is 35.5. The Morgan fingerprint density at radius 2 is 2.26 bits per heavy atom. The molecule has 0 saturated heterocycles. The summed E-state index contributed by atoms with van der Waals surface area (Å²) < 4.78 is 14.9. The summed E-state index contributed by atoms with van der Waals surface area (Å²) in [7, 11) is 0. The van der Waals surface area contributed by atoms with Crippen molar-refractivity contribution in [2.75, 3.05) is 5.32 Å². The van der Waals surface area contributed by atoms with E-state index in [4.69, 9.17) is 11.6 Å². The lowest BCUT2D eigenvalue weighted by Gasteiger charge is -2.09. The first kappa shape index (κ1) is 15.6. The number of anilines is 1. The van der Waals surface area contributed by atoms with Gasteiger partial charge in [0.2, 0.25) is 5.95 Å². The zero-order valence-corrected chi connectivity index (χ0v) is 13.3. The molecule has 0 fully saturated rings. The lowest BCUT2D eigenvalue weighted by molar-refractivity contribution is 0.0905. The highest BCUT2D eigenvalue weighted by Gasteiger charge is 2.22. The molecule has 0 aliphatic carbocycles. The van der Waals surface area contributed by atoms with Crippen molar-refractivity contribution < 1.29 is 9.18 Å². The third kappa shape index (κ3) is 3.24. The predicted octanol–water partition coefficient (Wildman–Crippen LogP) is 3.60. The summed E-state index contributed by atoms with van der Waals surface area (Å²) >= 11 is 5.97. The molecule has 1 aromatic carbocycles. The fourth-order valence-electron chi connectivity index (χ4n) is 2.35. The first-order valence-electron chi connectivity index (χ1n) is 7.32. The van der Waals surface area contributed by atoms with Gasteiger partial charge in [0.05, 0.1) is 6.42 Å². The van der Waals surface area contributed by atoms with Gasteiger partial charge >= 0.3 is 0 Å². The zero-order valence-electron chi connectivity index (χ0n) is 12.5. The number of aliphatic imine (C=N–C) groups is 1. The Kier molecular flexibility index (Phi) is 4.38. The van der Waals surface area contributed by atoms with Gasteiger partial charge < -0.3 is 5.32 Å². The van der Waals surface area contributed by atoms with Gasteiger partial charge in [0.1, 0.15) is 5.82 Å². The molecule has 23 heavy (non-hydrogen) atoms. The summed E-state index contributed by atoms with van der Waals surface area (Å²) in [5.41, 5.74) is 1.13. The van der Waals surface area contributed by atoms with Crippen molar-refractivity contribution in [1.29, 1.82) is 0 Å². The molecule has 1 N–H and O–H groups in total. The molecular weight excluding hydrogens is 321 g/mol. The van der Waals surface area contributed by atoms with Gasteiger partial charge in [0.25, 0.3) is 11.9 Å². The van der Waals surface area contributed by atoms with E-state index in [0.29, 0.717) is 10.6 Å². The molecule has 0 spiro atoms. The molecule has 1 aliphatic heterocycles. The van der Waals surface area contributed by atoms with Gasteiger partial charge in [-0.2, -0.15) is 9.67 Å². The van der Waals surface area contributed by atoms with Crippen LogP contribution in [0.1, 0.15) is 36.5 Å². The van der Waals surface area contributed by atoms with Crippen LogP contribution in [-0.4, -0.2) is 26.4 Å². The number of rotatable bonds is 5. The molecule has 120 valence electrons. The largest absolute Gasteiger partial charge is 0.349 e. The number of hydrogen-bond acceptors (Lipinski definition) is 5. The second kappa shape index (κ2) is 6.45. The predicted molar refractivity (Wildman–Crippen MR) is 86.0 cm³/mol. The highest BCUT2D eigenvalue weighted by Crippen LogP contribution is 2.22. The van der Waals surface area contributed by atoms with Crippen LogP contribution in [0.4, 0.5) is 16.3 Å². The Morgan fingerprint density at radius 3 is 3.00 bits per heavy atom. The molecule has 2 heterocycles. The maximum absolute atomic E-state index is 13.7. The van der Waals surface area contributed by atoms with Crippen LogP contribution in [0.2, 0.25) is 5.02 Å². The number of nitrogens with one attached hydrogen (secondary N) is 1. The third-order valence-electron chi connectivity index (χ3n) is 3.46. The average Bonchev–Trinajstić information content (AvgIpc) is 2.91. The van der Waals surface area contributed by atoms with E-state index in [0.717, 1.165) is 18.6 Å². The summed E-state index contributed by atoms with van der Waals surface area (Å²) in [5.74, 6) is -0.0998. The molecule has 0 bridgehead atoms. The second-order valence-electron chi connectivity index (χ2n) is 5.20. The fourth-order valence-corrected chi connectivity index (χ4v) is 2.58. The molecule has 0 saturated carbocycles. The van der Waals surface area contributed by atoms with Crippen LogP contribution in [0.3, 0.4) is 0 Å². The van der Waals surface area contributed by atoms with Gasteiger partial charge in [-0.1, -0.05) is 31.0 Å². The lowest BCUT2D eigenvalue weighted by atomic mass is 10.1. The van der Waals surface area contributed by atoms with Gasteiger partial charge in [-0.25, -0.2) is 9.38 Å². The number of benzene rings is 1. The van der Waals surface area contributed by atoms with Crippen LogP contribution in [-0.2, 0) is 6.54 Å². The molecule has 8 heteroatoms. The minimum Gasteiger partial charge on any atom is -0.349 e. The van der Waals surface area contributed by atoms with Crippen LogP contribution < -0.4 is 5.32 Å². The summed E-state index contributed by atoms with van der Waals surface area (Å²) in [6.07, 6.45) is 1.92. The number of carbonyl (C=O) groups is 1. The van der Waals surface area contributed by atoms with E-state index in [1.54, 1.807) is 6.07 Å². The molecule has 0 atom stereocenters. The van der Waals surface area contributed by atoms with Crippen molar-refractivity contribution in [1.82, 2.24) is 14.8 Å². The molecule has 0 amide bonds. The molecule has 2 aromatic rings. The minimum atomic E-state index is -0.409. The quantitative estimate of drug-likeness (QED) is 0.906. The monoisotopic (exact) mass is 335 g/mol. The average molecular weight is 336 g/mol. The first-order chi connectivity index (χ1) is 11.1. The number of carbonyl (C=O) groups excluding carboxylic acids is 1. The van der Waals surface area contributed by atoms with Gasteiger partial charge in [0, 0.05) is 22.8 Å². The van der Waals surface area contributed by atoms with Crippen LogP contribution in [0, 0.1) is 5.82 Å². The van der Waals surface area contributed by atoms with E-state index in [-0.39, 0.29) is 30.8 Å². The Labute approximate surface area is 137 Å². The number of halogens is 2. The smallest absolute Gasteiger partial charge is 0.257 e. The lowest BCUT2D eigenvalue weighted by Crippen LogP contribution is -2.21. The number of hydrogen-bond donors (Lipinski definition) is 1. The Hall–Kier alpha value is -2.28. The van der Waals surface area contributed by atoms with E-state index < -0.39 is 5.82 Å². The molecule has 3 rings (SSSR count). The molecular formula is C15H15ClFN5O. The third-order valence-corrected chi connectivity index (χ3v) is 3.82. The van der Waals surface area contributed by atoms with Crippen LogP contribution in [0.15, 0.2) is 23.2 Å². The highest BCUT2D eigenvalue weighted by molar-refractivity contribution is 6.31. The summed E-state index contributed by atoms with van der Waals surface area (Å²) in [6, 6.07) is 4.48. The summed E-state index contributed by atoms with van der Waals surface area (Å²) in [4.78, 5) is 20.6. The van der Waals surface area contributed by atoms with Gasteiger partial charge in [-0.3, -0.25) is 4.79 Å². The van der Waals surface area contributed by atoms with Crippen molar-refractivity contribution in [3.05, 3.63) is 34.6 Å². The van der Waals surface area contributed by atoms with Gasteiger partial charge in [-0.05, 0) is 18.6 Å². The Bertz CT molecular complexity index is 766. The topological polar surface area (TPSA) is 72.2 Å². The summed E-state index contributed by atoms with van der Waals surface area (Å²) in [6.45, 7) is 2.14. The van der Waals surface area contributed by atoms with E-state index in [2.05, 4.69) is 20.4 Å². The Morgan fingerprint density at radius 1 is 1.43 bits per heavy atom. The van der Waals surface area contributed by atoms with Crippen LogP contribution in [0.5, 0.6) is 0 Å². The van der Waals surface area contributed by atoms with Crippen LogP contribution >= 0.6 is 11.6 Å². The summed E-state index contributed by atoms with van der Waals surface area (Å²) in [5, 5.41) is 7.27. The second-order valence-corrected chi connectivity index (χ2v) is 5.61. The Balaban J connectivity index is 1.79. The SMILES string of the molecule is CCCC1=Nc2nc(NCc3c(F)cccc3Cl)nn2C(=O)C1. The van der Waals surface area contributed by atoms with Crippen LogP contribution in [0.25, 0.3) is 0 Å². The normalized spacial score (nSPS) is 13.7. The zero-order chi connectivity index (χ0) is 16.4. The maximum Gasteiger partial charge on any atom is 0.257 e. The van der Waals surface area contributed by atoms with Crippen molar-refractivity contribution >= 4 is 35.1 Å². The molecule has 0 unspecified atom stereocenters. The minimum absolute atomic E-state index is 0.120. The van der Waals surface area contributed by atoms with Crippen molar-refractivity contribution in [2.45, 2.75) is 32.7 Å². The van der Waals surface area contributed by atoms with Crippen molar-refractivity contribution in [3.8, 4) is 0 Å². The molecule has 0 radical (unpaired) electrons. The number of nitrogens with zero attached hydrogens (tertiary/aromatic N) is 4. The van der Waals surface area contributed by atoms with E-state index in [1.165, 1.54) is 16.8 Å². The molecule has 1 aliphatic rings. The van der Waals surface area contributed by atoms with E-state index in [9.17, 15) is 9.18 Å². The first-order valence-corrected chi connectivity index (χ1v) is 7.69. The van der Waals surface area contributed by atoms with E-state index >= 15 is 0 Å². The van der Waals surface area contributed by atoms with Crippen molar-refractivity contribution in [3.63, 3.8) is 0 Å². The van der Waals surface area contributed by atoms with Gasteiger partial charge in [0.15, 0.2) is 0 Å². The standard InChI is InChI=1S/C15H15ClFN5O/c1-2-4-9-7-13(23)22-15(19-9)20-14(21-22)18-8-10-11(16)5-3-6-12(10)17/h3,5-6H,2,4,7-8H2,1H3,(H,18,21).